The highest BCUT2D eigenvalue weighted by Gasteiger charge is 2.28. The van der Waals surface area contributed by atoms with Crippen molar-refractivity contribution in [3.63, 3.8) is 0 Å². The van der Waals surface area contributed by atoms with E-state index in [0.29, 0.717) is 12.8 Å². The third-order valence-electron chi connectivity index (χ3n) is 8.80. The van der Waals surface area contributed by atoms with Gasteiger partial charge >= 0.3 is 25.7 Å². The van der Waals surface area contributed by atoms with Gasteiger partial charge in [0.15, 0.2) is 6.10 Å². The molecule has 4 N–H and O–H groups in total. The molecule has 318 valence electrons. The highest BCUT2D eigenvalue weighted by molar-refractivity contribution is 7.47. The fourth-order valence-electron chi connectivity index (χ4n) is 5.40. The summed E-state index contributed by atoms with van der Waals surface area (Å²) in [6.07, 6.45) is 41.7. The fraction of sp³-hybridized carbons (Fsp3) is 0.744. The quantitative estimate of drug-likeness (QED) is 0.0234. The third kappa shape index (κ3) is 38.1. The molecule has 0 heterocycles. The summed E-state index contributed by atoms with van der Waals surface area (Å²) in [6.45, 7) is 2.70. The minimum absolute atomic E-state index is 0.148. The number of hydrogen-bond acceptors (Lipinski definition) is 9. The summed E-state index contributed by atoms with van der Waals surface area (Å²) < 4.78 is 32.6. The van der Waals surface area contributed by atoms with Crippen LogP contribution in [0.25, 0.3) is 0 Å². The van der Waals surface area contributed by atoms with Crippen LogP contribution >= 0.6 is 7.82 Å². The number of unbranched alkanes of at least 4 members (excludes halogenated alkanes) is 17. The van der Waals surface area contributed by atoms with Crippen molar-refractivity contribution in [2.24, 2.45) is 5.73 Å². The van der Waals surface area contributed by atoms with Crippen molar-refractivity contribution in [2.75, 3.05) is 19.8 Å². The molecular formula is C43H76NO10P. The maximum Gasteiger partial charge on any atom is 0.472 e. The molecule has 1 unspecified atom stereocenters. The van der Waals surface area contributed by atoms with E-state index in [1.807, 2.05) is 0 Å². The molecule has 0 aromatic heterocycles. The molecule has 3 atom stereocenters. The number of carboxylic acid groups (broad SMARTS) is 1. The van der Waals surface area contributed by atoms with E-state index in [-0.39, 0.29) is 19.4 Å². The van der Waals surface area contributed by atoms with Crippen molar-refractivity contribution in [1.29, 1.82) is 0 Å². The van der Waals surface area contributed by atoms with Gasteiger partial charge in [0.25, 0.3) is 0 Å². The van der Waals surface area contributed by atoms with E-state index in [2.05, 4.69) is 67.0 Å². The summed E-state index contributed by atoms with van der Waals surface area (Å²) in [6, 6.07) is -1.53. The Morgan fingerprint density at radius 1 is 0.564 bits per heavy atom. The lowest BCUT2D eigenvalue weighted by molar-refractivity contribution is -0.161. The van der Waals surface area contributed by atoms with Crippen LogP contribution in [0.2, 0.25) is 0 Å². The highest BCUT2D eigenvalue weighted by atomic mass is 31.2. The summed E-state index contributed by atoms with van der Waals surface area (Å²) in [7, 11) is -4.72. The van der Waals surface area contributed by atoms with Gasteiger partial charge in [-0.3, -0.25) is 23.4 Å². The number of esters is 2. The van der Waals surface area contributed by atoms with Gasteiger partial charge in [-0.15, -0.1) is 0 Å². The molecular weight excluding hydrogens is 721 g/mol. The lowest BCUT2D eigenvalue weighted by Gasteiger charge is -2.20. The van der Waals surface area contributed by atoms with E-state index in [4.69, 9.17) is 24.8 Å². The van der Waals surface area contributed by atoms with Crippen LogP contribution in [0.15, 0.2) is 48.6 Å². The second-order valence-electron chi connectivity index (χ2n) is 14.1. The number of carboxylic acids is 1. The Morgan fingerprint density at radius 3 is 1.47 bits per heavy atom. The van der Waals surface area contributed by atoms with Gasteiger partial charge < -0.3 is 25.2 Å². The lowest BCUT2D eigenvalue weighted by atomic mass is 10.1. The van der Waals surface area contributed by atoms with Crippen molar-refractivity contribution in [3.05, 3.63) is 48.6 Å². The van der Waals surface area contributed by atoms with Crippen molar-refractivity contribution in [3.8, 4) is 0 Å². The van der Waals surface area contributed by atoms with Gasteiger partial charge in [0.2, 0.25) is 0 Å². The van der Waals surface area contributed by atoms with Gasteiger partial charge in [0.1, 0.15) is 12.6 Å². The molecule has 12 heteroatoms. The Kier molecular flexibility index (Phi) is 36.5. The van der Waals surface area contributed by atoms with Crippen LogP contribution in [0.5, 0.6) is 0 Å². The molecule has 11 nitrogen and oxygen atoms in total. The number of rotatable bonds is 39. The standard InChI is InChI=1S/C43H76NO10P/c1-3-5-7-9-11-13-15-17-19-20-21-23-25-27-29-31-33-35-42(46)54-39(37-52-55(49,50)53-38-40(44)43(47)48)36-51-41(45)34-32-30-28-26-24-22-18-16-14-12-10-8-6-4-2/h10-13,16-19,39-40H,3-9,14-15,20-38,44H2,1-2H3,(H,47,48)(H,49,50)/b12-10+,13-11+,18-16+,19-17+/t39-,40+/m1/s1. The van der Waals surface area contributed by atoms with Crippen LogP contribution in [-0.2, 0) is 37.5 Å². The predicted octanol–water partition coefficient (Wildman–Crippen LogP) is 11.0. The number of hydrogen-bond donors (Lipinski definition) is 3. The Bertz CT molecular complexity index is 1120. The molecule has 0 saturated carbocycles. The zero-order valence-electron chi connectivity index (χ0n) is 34.3. The first-order valence-corrected chi connectivity index (χ1v) is 22.7. The smallest absolute Gasteiger partial charge is 0.472 e. The second kappa shape index (κ2) is 38.3. The number of ether oxygens (including phenoxy) is 2. The molecule has 0 bridgehead atoms. The number of carbonyl (C=O) groups is 3. The van der Waals surface area contributed by atoms with Crippen LogP contribution < -0.4 is 5.73 Å². The molecule has 0 rings (SSSR count). The molecule has 0 aliphatic carbocycles. The summed E-state index contributed by atoms with van der Waals surface area (Å²) in [5.41, 5.74) is 5.33. The molecule has 0 saturated heterocycles. The first-order valence-electron chi connectivity index (χ1n) is 21.2. The summed E-state index contributed by atoms with van der Waals surface area (Å²) >= 11 is 0. The largest absolute Gasteiger partial charge is 0.480 e. The average Bonchev–Trinajstić information content (AvgIpc) is 3.16. The molecule has 0 aliphatic heterocycles. The molecule has 0 aromatic rings. The van der Waals surface area contributed by atoms with E-state index in [1.165, 1.54) is 51.4 Å². The Hall–Kier alpha value is -2.56. The first-order chi connectivity index (χ1) is 26.6. The molecule has 0 aromatic carbocycles. The van der Waals surface area contributed by atoms with Crippen molar-refractivity contribution >= 4 is 25.7 Å². The summed E-state index contributed by atoms with van der Waals surface area (Å²) in [5.74, 6) is -2.41. The van der Waals surface area contributed by atoms with Crippen molar-refractivity contribution < 1.29 is 47.5 Å². The molecule has 0 radical (unpaired) electrons. The Morgan fingerprint density at radius 2 is 0.982 bits per heavy atom. The maximum atomic E-state index is 12.6. The minimum Gasteiger partial charge on any atom is -0.480 e. The number of allylic oxidation sites excluding steroid dienone is 8. The maximum absolute atomic E-state index is 12.6. The van der Waals surface area contributed by atoms with Gasteiger partial charge in [-0.05, 0) is 70.6 Å². The normalized spacial score (nSPS) is 14.3. The predicted molar refractivity (Wildman–Crippen MR) is 222 cm³/mol. The van der Waals surface area contributed by atoms with E-state index in [9.17, 15) is 23.8 Å². The van der Waals surface area contributed by atoms with Crippen LogP contribution in [-0.4, -0.2) is 59.9 Å². The molecule has 55 heavy (non-hydrogen) atoms. The monoisotopic (exact) mass is 798 g/mol. The third-order valence-corrected chi connectivity index (χ3v) is 9.75. The average molecular weight is 798 g/mol. The van der Waals surface area contributed by atoms with Gasteiger partial charge in [-0.1, -0.05) is 140 Å². The molecule has 0 spiro atoms. The second-order valence-corrected chi connectivity index (χ2v) is 15.6. The topological polar surface area (TPSA) is 172 Å². The van der Waals surface area contributed by atoms with Crippen LogP contribution in [0.3, 0.4) is 0 Å². The number of aliphatic carboxylic acids is 1. The van der Waals surface area contributed by atoms with Crippen molar-refractivity contribution in [2.45, 2.75) is 187 Å². The Labute approximate surface area is 333 Å². The first kappa shape index (κ1) is 52.4. The van der Waals surface area contributed by atoms with Crippen LogP contribution in [0, 0.1) is 0 Å². The number of nitrogens with two attached hydrogens (primary N) is 1. The minimum atomic E-state index is -4.72. The van der Waals surface area contributed by atoms with Gasteiger partial charge in [-0.2, -0.15) is 0 Å². The van der Waals surface area contributed by atoms with E-state index in [0.717, 1.165) is 83.5 Å². The highest BCUT2D eigenvalue weighted by Crippen LogP contribution is 2.43. The van der Waals surface area contributed by atoms with E-state index in [1.54, 1.807) is 0 Å². The van der Waals surface area contributed by atoms with E-state index < -0.39 is 51.1 Å². The van der Waals surface area contributed by atoms with Gasteiger partial charge in [-0.25, -0.2) is 4.57 Å². The zero-order chi connectivity index (χ0) is 40.7. The van der Waals surface area contributed by atoms with Crippen molar-refractivity contribution in [1.82, 2.24) is 0 Å². The molecule has 0 amide bonds. The summed E-state index contributed by atoms with van der Waals surface area (Å²) in [5, 5.41) is 8.88. The molecule has 0 fully saturated rings. The zero-order valence-corrected chi connectivity index (χ0v) is 35.2. The van der Waals surface area contributed by atoms with Crippen LogP contribution in [0.1, 0.15) is 174 Å². The molecule has 0 aliphatic rings. The number of phosphoric ester groups is 1. The SMILES string of the molecule is CCCC/C=C/C/C=C/CCCCCCCC(=O)OC[C@H](COP(=O)(O)OC[C@H](N)C(=O)O)OC(=O)CCCCCCCCC/C=C/C/C=C/CCCCC. The Balaban J connectivity index is 4.42. The fourth-order valence-corrected chi connectivity index (χ4v) is 6.18. The van der Waals surface area contributed by atoms with Crippen LogP contribution in [0.4, 0.5) is 0 Å². The van der Waals surface area contributed by atoms with Gasteiger partial charge in [0, 0.05) is 12.8 Å². The number of phosphoric acid groups is 1. The van der Waals surface area contributed by atoms with E-state index >= 15 is 0 Å². The van der Waals surface area contributed by atoms with Gasteiger partial charge in [0.05, 0.1) is 13.2 Å². The summed E-state index contributed by atoms with van der Waals surface area (Å²) in [4.78, 5) is 45.9. The number of carbonyl (C=O) groups excluding carboxylic acids is 2. The lowest BCUT2D eigenvalue weighted by Crippen LogP contribution is -2.34.